The summed E-state index contributed by atoms with van der Waals surface area (Å²) in [5.41, 5.74) is 1.60. The van der Waals surface area contributed by atoms with Gasteiger partial charge in [0.1, 0.15) is 21.8 Å². The van der Waals surface area contributed by atoms with Gasteiger partial charge in [0.2, 0.25) is 6.73 Å². The molecule has 480 valence electrons. The normalized spacial score (nSPS) is 13.0. The first-order valence-electron chi connectivity index (χ1n) is 27.9. The summed E-state index contributed by atoms with van der Waals surface area (Å²) in [6.45, 7) is 20.5. The minimum absolute atomic E-state index is 0. The van der Waals surface area contributed by atoms with Gasteiger partial charge < -0.3 is 32.5 Å². The number of aromatic nitrogens is 6. The molecule has 2 heterocycles. The monoisotopic (exact) mass is 1460 g/mol. The summed E-state index contributed by atoms with van der Waals surface area (Å²) in [6, 6.07) is 0. The Hall–Kier alpha value is -1.37. The van der Waals surface area contributed by atoms with E-state index in [1.54, 1.807) is 55.6 Å². The van der Waals surface area contributed by atoms with Crippen LogP contribution in [0.4, 0.5) is 0 Å². The van der Waals surface area contributed by atoms with Crippen molar-refractivity contribution >= 4 is 93.4 Å². The van der Waals surface area contributed by atoms with E-state index in [2.05, 4.69) is 72.4 Å². The summed E-state index contributed by atoms with van der Waals surface area (Å²) >= 11 is 6.73. The molecular formula is C53H98Br2N8O14P2S2V2. The van der Waals surface area contributed by atoms with Crippen LogP contribution in [0.2, 0.25) is 0 Å². The van der Waals surface area contributed by atoms with Crippen LogP contribution in [0, 0.1) is 5.41 Å². The number of rotatable bonds is 41. The van der Waals surface area contributed by atoms with Gasteiger partial charge in [-0.1, -0.05) is 113 Å². The van der Waals surface area contributed by atoms with Crippen molar-refractivity contribution in [3.05, 3.63) is 35.9 Å². The van der Waals surface area contributed by atoms with E-state index >= 15 is 0 Å². The Labute approximate surface area is 541 Å². The van der Waals surface area contributed by atoms with E-state index in [0.717, 1.165) is 69.2 Å². The van der Waals surface area contributed by atoms with Crippen LogP contribution in [0.1, 0.15) is 162 Å². The van der Waals surface area contributed by atoms with Crippen LogP contribution in [0.5, 0.6) is 0 Å². The van der Waals surface area contributed by atoms with E-state index in [0.29, 0.717) is 66.8 Å². The molecule has 3 unspecified atom stereocenters. The molecule has 2 rings (SSSR count). The van der Waals surface area contributed by atoms with Crippen molar-refractivity contribution < 1.29 is 110 Å². The predicted molar refractivity (Wildman–Crippen MR) is 326 cm³/mol. The Bertz CT molecular complexity index is 2400. The maximum absolute atomic E-state index is 12.8. The molecule has 0 amide bonds. The number of hydrogen-bond acceptors (Lipinski definition) is 18. The first-order chi connectivity index (χ1) is 37.4. The van der Waals surface area contributed by atoms with E-state index in [1.165, 1.54) is 44.9 Å². The summed E-state index contributed by atoms with van der Waals surface area (Å²) in [6.07, 6.45) is 22.5. The Kier molecular flexibility index (Phi) is 45.6. The molecule has 0 aliphatic carbocycles. The van der Waals surface area contributed by atoms with E-state index in [9.17, 15) is 45.1 Å². The van der Waals surface area contributed by atoms with Gasteiger partial charge in [0.25, 0.3) is 0 Å². The number of alkyl halides is 2. The predicted octanol–water partition coefficient (Wildman–Crippen LogP) is 8.70. The number of halogens is 2. The summed E-state index contributed by atoms with van der Waals surface area (Å²) in [7, 11) is 0.165. The number of esters is 4. The Morgan fingerprint density at radius 3 is 1.34 bits per heavy atom. The van der Waals surface area contributed by atoms with Crippen molar-refractivity contribution in [1.82, 2.24) is 29.5 Å². The van der Waals surface area contributed by atoms with Gasteiger partial charge in [-0.3, -0.25) is 18.9 Å². The van der Waals surface area contributed by atoms with Crippen molar-refractivity contribution in [1.29, 1.82) is 0 Å². The average Bonchev–Trinajstić information content (AvgIpc) is 4.02. The third-order valence-electron chi connectivity index (χ3n) is 12.5. The molecule has 0 saturated carbocycles. The number of nitrogens with zero attached hydrogens (tertiary/aromatic N) is 8. The van der Waals surface area contributed by atoms with Crippen molar-refractivity contribution in [2.24, 2.45) is 5.41 Å². The molecule has 22 nitrogen and oxygen atoms in total. The maximum atomic E-state index is 12.8. The molecule has 0 aromatic carbocycles. The van der Waals surface area contributed by atoms with Gasteiger partial charge in [0, 0.05) is 84.5 Å². The summed E-state index contributed by atoms with van der Waals surface area (Å²) in [4.78, 5) is 48.2. The van der Waals surface area contributed by atoms with Crippen molar-refractivity contribution in [2.75, 3.05) is 99.2 Å². The van der Waals surface area contributed by atoms with Gasteiger partial charge in [-0.2, -0.15) is 0 Å². The molecule has 30 heteroatoms. The first-order valence-corrected chi connectivity index (χ1v) is 35.5. The molecule has 2 aromatic rings. The second kappa shape index (κ2) is 44.1. The molecular weight excluding hydrogens is 1360 g/mol. The molecule has 3 atom stereocenters. The van der Waals surface area contributed by atoms with Gasteiger partial charge in [0.15, 0.2) is 0 Å². The van der Waals surface area contributed by atoms with Crippen LogP contribution < -0.4 is 0 Å². The molecule has 0 fully saturated rings. The van der Waals surface area contributed by atoms with Crippen LogP contribution in [-0.4, -0.2) is 196 Å². The Morgan fingerprint density at radius 2 is 0.964 bits per heavy atom. The number of likely N-dealkylation sites (N-methyl/N-ethyl adjacent to an activating group) is 1. The minimum atomic E-state index is -4.28. The maximum Gasteiger partial charge on any atom is 0.333 e. The fourth-order valence-electron chi connectivity index (χ4n) is 7.71. The third kappa shape index (κ3) is 46.4. The van der Waals surface area contributed by atoms with Gasteiger partial charge >= 0.3 is 23.9 Å². The number of unbranched alkanes of at least 4 members (excludes halogenated alkanes) is 12. The van der Waals surface area contributed by atoms with Crippen LogP contribution in [0.15, 0.2) is 24.5 Å². The number of hydrogen-bond donors (Lipinski definition) is 0. The number of quaternary nitrogens is 2. The molecule has 2 radical (unpaired) electrons. The number of aryl methyl sites for hydroxylation is 2. The molecule has 83 heavy (non-hydrogen) atoms. The van der Waals surface area contributed by atoms with Crippen molar-refractivity contribution in [3.63, 3.8) is 0 Å². The SMILES string of the molecule is C=C(C)C(=O)OCC[N+](C)(C)CCCS(=O)(=O)[O-].CPn1cc(CCCCCCCCCOC(=O)C(C)(C)Br)nn1.CPn1cc(CCCCCCCCCOC(=O)C(C)(C)CC(C)(Br)C(=O)OC[N+](C)(C)CCCS(=O)(=O)[O-])nn1.[V].[V]. The summed E-state index contributed by atoms with van der Waals surface area (Å²) in [5, 5.41) is 16.5. The fourth-order valence-corrected chi connectivity index (χ4v) is 10.4. The van der Waals surface area contributed by atoms with Gasteiger partial charge in [-0.05, 0) is 99.8 Å². The zero-order valence-corrected chi connectivity index (χ0v) is 61.0. The van der Waals surface area contributed by atoms with Crippen molar-refractivity contribution in [3.8, 4) is 0 Å². The second-order valence-electron chi connectivity index (χ2n) is 23.0. The molecule has 2 aromatic heterocycles. The molecule has 0 bridgehead atoms. The molecule has 0 aliphatic heterocycles. The summed E-state index contributed by atoms with van der Waals surface area (Å²) < 4.78 is 87.7. The van der Waals surface area contributed by atoms with E-state index in [-0.39, 0.29) is 85.5 Å². The molecule has 0 aliphatic rings. The fraction of sp³-hybridized carbons (Fsp3) is 0.811. The molecule has 0 saturated heterocycles. The number of carbonyl (C=O) groups is 4. The smallest absolute Gasteiger partial charge is 0.333 e. The Morgan fingerprint density at radius 1 is 0.578 bits per heavy atom. The standard InChI is InChI=1S/C26H48BrN4O7PS.C16H29BrN3O2P.C11H21NO5S.2V/c1-25(2,20-26(3,27)24(33)38-21-31(4,5)16-14-18-40(34,35)36)23(32)37-17-13-11-9-7-8-10-12-15-22-19-30(39-6)29-28-22;1-16(2,17)15(21)22-12-10-8-6-4-5-7-9-11-14-13-20(23-3)19-18-14;1-10(2)11(13)17-8-7-12(3,4)6-5-9-18(14,15)16;;/h19,39H,7-18,20-21H2,1-6H3;13,23H,4-12H2,1-3H3;1,5-9H2,2-4H3;;. The van der Waals surface area contributed by atoms with Crippen LogP contribution in [-0.2, 0) is 108 Å². The van der Waals surface area contributed by atoms with E-state index in [4.69, 9.17) is 18.9 Å². The zero-order valence-electron chi connectivity index (χ0n) is 51.4. The third-order valence-corrected chi connectivity index (χ3v) is 16.4. The minimum Gasteiger partial charge on any atom is -0.748 e. The quantitative estimate of drug-likeness (QED) is 0.00692. The van der Waals surface area contributed by atoms with Gasteiger partial charge in [-0.15, -0.1) is 10.2 Å². The van der Waals surface area contributed by atoms with E-state index in [1.807, 2.05) is 35.4 Å². The largest absolute Gasteiger partial charge is 0.748 e. The Balaban J connectivity index is -0.00000126. The number of carbonyl (C=O) groups excluding carboxylic acids is 4. The van der Waals surface area contributed by atoms with Crippen molar-refractivity contribution in [2.45, 2.75) is 172 Å². The zero-order chi connectivity index (χ0) is 62.0. The first kappa shape index (κ1) is 85.8. The second-order valence-corrected chi connectivity index (χ2v) is 31.5. The molecule has 0 spiro atoms. The van der Waals surface area contributed by atoms with Gasteiger partial charge in [0.05, 0.1) is 104 Å². The van der Waals surface area contributed by atoms with Crippen LogP contribution in [0.3, 0.4) is 0 Å². The van der Waals surface area contributed by atoms with E-state index < -0.39 is 52.0 Å². The molecule has 0 N–H and O–H groups in total. The summed E-state index contributed by atoms with van der Waals surface area (Å²) in [5.74, 6) is -2.32. The number of ether oxygens (including phenoxy) is 4. The topological polar surface area (TPSA) is 281 Å². The van der Waals surface area contributed by atoms with Crippen LogP contribution in [0.25, 0.3) is 0 Å². The van der Waals surface area contributed by atoms with Crippen LogP contribution >= 0.6 is 49.3 Å². The average molecular weight is 1460 g/mol. The van der Waals surface area contributed by atoms with Gasteiger partial charge in [-0.25, -0.2) is 30.5 Å².